The smallest absolute Gasteiger partial charge is 0.166 e. The molecule has 3 aliphatic rings. The number of allylic oxidation sites excluding steroid dienone is 3. The largest absolute Gasteiger partial charge is 0.493 e. The molecule has 30 heavy (non-hydrogen) atoms. The van der Waals surface area contributed by atoms with Gasteiger partial charge in [-0.15, -0.1) is 9.24 Å². The Hall–Kier alpha value is -1.64. The molecular weight excluding hydrogens is 393 g/mol. The Morgan fingerprint density at radius 3 is 2.53 bits per heavy atom. The first-order valence-corrected chi connectivity index (χ1v) is 11.7. The maximum absolute atomic E-state index is 13.1. The molecule has 0 N–H and O–H groups in total. The molecule has 1 saturated heterocycles. The molecule has 2 unspecified atom stereocenters. The molecule has 1 aromatic rings. The van der Waals surface area contributed by atoms with Crippen LogP contribution in [0, 0.1) is 5.92 Å². The molecule has 1 heterocycles. The average Bonchev–Trinajstić information content (AvgIpc) is 3.07. The molecule has 4 nitrogen and oxygen atoms in total. The summed E-state index contributed by atoms with van der Waals surface area (Å²) in [5, 5.41) is 0.164. The van der Waals surface area contributed by atoms with Crippen molar-refractivity contribution in [3.63, 3.8) is 0 Å². The third kappa shape index (κ3) is 4.65. The third-order valence-corrected chi connectivity index (χ3v) is 7.82. The van der Waals surface area contributed by atoms with E-state index in [0.29, 0.717) is 11.5 Å². The Kier molecular flexibility index (Phi) is 6.65. The molecule has 0 amide bonds. The standard InChI is InChI=1S/C25H34NO3P/c1-28-22-15-19-14-20(24(27)21(19)16-23(22)29-2)17-25(30)9-12-26(13-10-25)11-8-18-6-4-3-5-7-18/h4,6-7,15-16,20H,3,5,8-14,17,30H2,1-2H3. The van der Waals surface area contributed by atoms with E-state index < -0.39 is 0 Å². The van der Waals surface area contributed by atoms with E-state index in [1.807, 2.05) is 12.1 Å². The van der Waals surface area contributed by atoms with E-state index >= 15 is 0 Å². The van der Waals surface area contributed by atoms with Gasteiger partial charge in [-0.1, -0.05) is 23.8 Å². The van der Waals surface area contributed by atoms with Gasteiger partial charge in [0.2, 0.25) is 0 Å². The summed E-state index contributed by atoms with van der Waals surface area (Å²) >= 11 is 0. The molecular formula is C25H34NO3P. The molecule has 1 aliphatic heterocycles. The highest BCUT2D eigenvalue weighted by Crippen LogP contribution is 2.43. The second-order valence-electron chi connectivity index (χ2n) is 9.05. The van der Waals surface area contributed by atoms with E-state index in [0.717, 1.165) is 62.9 Å². The van der Waals surface area contributed by atoms with Crippen LogP contribution in [0.2, 0.25) is 0 Å². The molecule has 0 bridgehead atoms. The number of hydrogen-bond acceptors (Lipinski definition) is 4. The molecule has 0 saturated carbocycles. The second-order valence-corrected chi connectivity index (χ2v) is 10.3. The van der Waals surface area contributed by atoms with Crippen LogP contribution in [0.4, 0.5) is 0 Å². The number of ketones is 1. The van der Waals surface area contributed by atoms with Gasteiger partial charge in [0.15, 0.2) is 17.3 Å². The lowest BCUT2D eigenvalue weighted by Crippen LogP contribution is -2.42. The summed E-state index contributed by atoms with van der Waals surface area (Å²) in [7, 11) is 6.38. The normalized spacial score (nSPS) is 23.2. The minimum atomic E-state index is 0.0680. The minimum absolute atomic E-state index is 0.0680. The van der Waals surface area contributed by atoms with Crippen LogP contribution in [-0.2, 0) is 6.42 Å². The lowest BCUT2D eigenvalue weighted by atomic mass is 9.84. The molecule has 162 valence electrons. The van der Waals surface area contributed by atoms with Crippen molar-refractivity contribution in [1.29, 1.82) is 0 Å². The van der Waals surface area contributed by atoms with Gasteiger partial charge in [-0.2, -0.15) is 0 Å². The van der Waals surface area contributed by atoms with Crippen LogP contribution in [0.1, 0.15) is 54.4 Å². The van der Waals surface area contributed by atoms with Crippen LogP contribution in [0.5, 0.6) is 11.5 Å². The van der Waals surface area contributed by atoms with Gasteiger partial charge in [0.25, 0.3) is 0 Å². The topological polar surface area (TPSA) is 38.8 Å². The molecule has 1 aromatic carbocycles. The minimum Gasteiger partial charge on any atom is -0.493 e. The average molecular weight is 428 g/mol. The summed E-state index contributed by atoms with van der Waals surface area (Å²) in [6, 6.07) is 3.85. The van der Waals surface area contributed by atoms with E-state index in [-0.39, 0.29) is 16.9 Å². The highest BCUT2D eigenvalue weighted by molar-refractivity contribution is 7.19. The summed E-state index contributed by atoms with van der Waals surface area (Å²) in [6.45, 7) is 3.39. The van der Waals surface area contributed by atoms with Crippen molar-refractivity contribution in [3.05, 3.63) is 47.1 Å². The molecule has 1 fully saturated rings. The van der Waals surface area contributed by atoms with E-state index in [9.17, 15) is 4.79 Å². The van der Waals surface area contributed by atoms with Crippen molar-refractivity contribution in [3.8, 4) is 11.5 Å². The fraction of sp³-hybridized carbons (Fsp3) is 0.560. The van der Waals surface area contributed by atoms with Crippen molar-refractivity contribution in [2.45, 2.75) is 50.1 Å². The molecule has 2 atom stereocenters. The Bertz CT molecular complexity index is 852. The zero-order valence-electron chi connectivity index (χ0n) is 18.3. The number of Topliss-reactive ketones (excluding diaryl/α,β-unsaturated/α-hetero) is 1. The van der Waals surface area contributed by atoms with Crippen LogP contribution in [-0.4, -0.2) is 49.7 Å². The lowest BCUT2D eigenvalue weighted by molar-refractivity contribution is 0.0909. The number of nitrogens with zero attached hydrogens (tertiary/aromatic N) is 1. The van der Waals surface area contributed by atoms with Crippen LogP contribution in [0.25, 0.3) is 0 Å². The number of ether oxygens (including phenoxy) is 2. The number of carbonyl (C=O) groups is 1. The van der Waals surface area contributed by atoms with Gasteiger partial charge in [-0.25, -0.2) is 0 Å². The SMILES string of the molecule is COc1cc2c(cc1OC)C(=O)C(CC1(P)CCN(CCC3=CCCC=C3)CC1)C2. The van der Waals surface area contributed by atoms with Gasteiger partial charge >= 0.3 is 0 Å². The van der Waals surface area contributed by atoms with Crippen molar-refractivity contribution in [2.75, 3.05) is 33.9 Å². The Morgan fingerprint density at radius 1 is 1.13 bits per heavy atom. The van der Waals surface area contributed by atoms with E-state index in [4.69, 9.17) is 9.47 Å². The quantitative estimate of drug-likeness (QED) is 0.585. The fourth-order valence-corrected chi connectivity index (χ4v) is 5.66. The summed E-state index contributed by atoms with van der Waals surface area (Å²) in [5.41, 5.74) is 3.41. The number of carbonyl (C=O) groups excluding carboxylic acids is 1. The maximum Gasteiger partial charge on any atom is 0.166 e. The van der Waals surface area contributed by atoms with E-state index in [1.54, 1.807) is 14.2 Å². The van der Waals surface area contributed by atoms with Crippen molar-refractivity contribution >= 4 is 15.0 Å². The Balaban J connectivity index is 1.33. The molecule has 4 rings (SSSR count). The highest BCUT2D eigenvalue weighted by atomic mass is 31.0. The summed E-state index contributed by atoms with van der Waals surface area (Å²) in [5.74, 6) is 1.69. The number of fused-ring (bicyclic) bond motifs is 1. The number of rotatable bonds is 7. The number of piperidine rings is 1. The first-order chi connectivity index (χ1) is 14.5. The first-order valence-electron chi connectivity index (χ1n) is 11.2. The van der Waals surface area contributed by atoms with Gasteiger partial charge in [-0.3, -0.25) is 4.79 Å². The van der Waals surface area contributed by atoms with Crippen LogP contribution in [0.3, 0.4) is 0 Å². The van der Waals surface area contributed by atoms with E-state index in [2.05, 4.69) is 32.4 Å². The summed E-state index contributed by atoms with van der Waals surface area (Å²) < 4.78 is 10.8. The van der Waals surface area contributed by atoms with Gasteiger partial charge in [0.05, 0.1) is 14.2 Å². The third-order valence-electron chi connectivity index (χ3n) is 7.01. The first kappa shape index (κ1) is 21.6. The van der Waals surface area contributed by atoms with Crippen molar-refractivity contribution in [1.82, 2.24) is 4.90 Å². The zero-order chi connectivity index (χ0) is 21.1. The summed E-state index contributed by atoms with van der Waals surface area (Å²) in [4.78, 5) is 15.7. The van der Waals surface area contributed by atoms with Gasteiger partial charge < -0.3 is 14.4 Å². The van der Waals surface area contributed by atoms with E-state index in [1.165, 1.54) is 18.4 Å². The molecule has 5 heteroatoms. The van der Waals surface area contributed by atoms with Gasteiger partial charge in [-0.05, 0) is 80.9 Å². The van der Waals surface area contributed by atoms with Gasteiger partial charge in [0, 0.05) is 18.0 Å². The predicted molar refractivity (Wildman–Crippen MR) is 125 cm³/mol. The predicted octanol–water partition coefficient (Wildman–Crippen LogP) is 4.83. The van der Waals surface area contributed by atoms with Crippen LogP contribution < -0.4 is 9.47 Å². The van der Waals surface area contributed by atoms with Crippen LogP contribution >= 0.6 is 9.24 Å². The lowest BCUT2D eigenvalue weighted by Gasteiger charge is -2.40. The maximum atomic E-state index is 13.1. The number of benzene rings is 1. The highest BCUT2D eigenvalue weighted by Gasteiger charge is 2.39. The molecule has 0 radical (unpaired) electrons. The monoisotopic (exact) mass is 427 g/mol. The fourth-order valence-electron chi connectivity index (χ4n) is 5.12. The number of likely N-dealkylation sites (tertiary alicyclic amines) is 1. The second kappa shape index (κ2) is 9.24. The number of methoxy groups -OCH3 is 2. The number of hydrogen-bond donors (Lipinski definition) is 0. The summed E-state index contributed by atoms with van der Waals surface area (Å²) in [6.07, 6.45) is 14.5. The van der Waals surface area contributed by atoms with Crippen molar-refractivity contribution in [2.24, 2.45) is 5.92 Å². The molecule has 2 aliphatic carbocycles. The van der Waals surface area contributed by atoms with Crippen LogP contribution in [0.15, 0.2) is 35.9 Å². The Labute approximate surface area is 182 Å². The zero-order valence-corrected chi connectivity index (χ0v) is 19.4. The van der Waals surface area contributed by atoms with Gasteiger partial charge in [0.1, 0.15) is 0 Å². The van der Waals surface area contributed by atoms with Crippen molar-refractivity contribution < 1.29 is 14.3 Å². The Morgan fingerprint density at radius 2 is 1.87 bits per heavy atom. The molecule has 0 spiro atoms. The molecule has 0 aromatic heterocycles.